The van der Waals surface area contributed by atoms with E-state index < -0.39 is 17.7 Å². The molecule has 6 heteroatoms. The van der Waals surface area contributed by atoms with Gasteiger partial charge in [0.15, 0.2) is 0 Å². The van der Waals surface area contributed by atoms with E-state index >= 15 is 0 Å². The molecule has 0 radical (unpaired) electrons. The standard InChI is InChI=1S/C32H35NO5/c1-5-17-33-29(24-11-14-26(15-12-24)37-19-21(2)3)28(31(35)32(33)36)30(34)25-13-16-27(22(4)18-25)38-20-23-9-7-6-8-10-23/h6-16,18,21,29,34H,5,17,19-20H2,1-4H3/b30-28+. The minimum Gasteiger partial charge on any atom is -0.507 e. The number of benzene rings is 3. The highest BCUT2D eigenvalue weighted by Gasteiger charge is 2.45. The quantitative estimate of drug-likeness (QED) is 0.192. The summed E-state index contributed by atoms with van der Waals surface area (Å²) in [6, 6.07) is 21.9. The van der Waals surface area contributed by atoms with Gasteiger partial charge in [0.2, 0.25) is 0 Å². The predicted molar refractivity (Wildman–Crippen MR) is 148 cm³/mol. The predicted octanol–water partition coefficient (Wildman–Crippen LogP) is 6.44. The molecule has 1 N–H and O–H groups in total. The van der Waals surface area contributed by atoms with Crippen molar-refractivity contribution >= 4 is 17.4 Å². The molecule has 1 unspecified atom stereocenters. The smallest absolute Gasteiger partial charge is 0.295 e. The van der Waals surface area contributed by atoms with E-state index in [-0.39, 0.29) is 11.3 Å². The molecule has 3 aromatic rings. The number of amides is 1. The summed E-state index contributed by atoms with van der Waals surface area (Å²) in [6.45, 7) is 9.43. The highest BCUT2D eigenvalue weighted by Crippen LogP contribution is 2.40. The summed E-state index contributed by atoms with van der Waals surface area (Å²) in [4.78, 5) is 27.7. The Labute approximate surface area is 224 Å². The average Bonchev–Trinajstić information content (AvgIpc) is 3.17. The van der Waals surface area contributed by atoms with E-state index in [0.29, 0.717) is 43.4 Å². The molecule has 1 aliphatic heterocycles. The molecule has 38 heavy (non-hydrogen) atoms. The third-order valence-electron chi connectivity index (χ3n) is 6.47. The fraction of sp³-hybridized carbons (Fsp3) is 0.312. The Hall–Kier alpha value is -4.06. The van der Waals surface area contributed by atoms with E-state index in [1.165, 1.54) is 0 Å². The van der Waals surface area contributed by atoms with E-state index in [0.717, 1.165) is 22.4 Å². The number of aliphatic hydroxyl groups is 1. The van der Waals surface area contributed by atoms with Crippen LogP contribution in [0.25, 0.3) is 5.76 Å². The lowest BCUT2D eigenvalue weighted by Gasteiger charge is -2.25. The van der Waals surface area contributed by atoms with Gasteiger partial charge >= 0.3 is 0 Å². The summed E-state index contributed by atoms with van der Waals surface area (Å²) in [5, 5.41) is 11.4. The molecule has 0 aliphatic carbocycles. The van der Waals surface area contributed by atoms with Gasteiger partial charge in [0.25, 0.3) is 11.7 Å². The second-order valence-corrected chi connectivity index (χ2v) is 10.0. The molecule has 1 saturated heterocycles. The molecule has 198 valence electrons. The zero-order valence-corrected chi connectivity index (χ0v) is 22.4. The number of hydrogen-bond donors (Lipinski definition) is 1. The third kappa shape index (κ3) is 5.91. The number of aliphatic hydroxyl groups excluding tert-OH is 1. The largest absolute Gasteiger partial charge is 0.507 e. The van der Waals surface area contributed by atoms with Crippen LogP contribution in [0.1, 0.15) is 55.5 Å². The first kappa shape index (κ1) is 27.0. The number of carbonyl (C=O) groups is 2. The highest BCUT2D eigenvalue weighted by atomic mass is 16.5. The van der Waals surface area contributed by atoms with Gasteiger partial charge in [-0.15, -0.1) is 0 Å². The lowest BCUT2D eigenvalue weighted by molar-refractivity contribution is -0.139. The van der Waals surface area contributed by atoms with Crippen molar-refractivity contribution in [3.63, 3.8) is 0 Å². The Morgan fingerprint density at radius 2 is 1.68 bits per heavy atom. The van der Waals surface area contributed by atoms with Crippen molar-refractivity contribution in [2.75, 3.05) is 13.2 Å². The fourth-order valence-electron chi connectivity index (χ4n) is 4.56. The topological polar surface area (TPSA) is 76.1 Å². The molecule has 1 aliphatic rings. The number of aryl methyl sites for hydroxylation is 1. The Bertz CT molecular complexity index is 1310. The highest BCUT2D eigenvalue weighted by molar-refractivity contribution is 6.46. The number of nitrogens with zero attached hydrogens (tertiary/aromatic N) is 1. The van der Waals surface area contributed by atoms with Crippen LogP contribution in [0.3, 0.4) is 0 Å². The monoisotopic (exact) mass is 513 g/mol. The van der Waals surface area contributed by atoms with Gasteiger partial charge < -0.3 is 19.5 Å². The molecular weight excluding hydrogens is 478 g/mol. The Morgan fingerprint density at radius 1 is 0.974 bits per heavy atom. The second kappa shape index (κ2) is 12.0. The molecule has 0 spiro atoms. The van der Waals surface area contributed by atoms with E-state index in [2.05, 4.69) is 13.8 Å². The van der Waals surface area contributed by atoms with Gasteiger partial charge in [-0.1, -0.05) is 63.2 Å². The van der Waals surface area contributed by atoms with Crippen molar-refractivity contribution in [2.24, 2.45) is 5.92 Å². The van der Waals surface area contributed by atoms with Crippen LogP contribution in [0.2, 0.25) is 0 Å². The van der Waals surface area contributed by atoms with Crippen LogP contribution < -0.4 is 9.47 Å². The van der Waals surface area contributed by atoms with Gasteiger partial charge in [-0.2, -0.15) is 0 Å². The first-order valence-electron chi connectivity index (χ1n) is 13.1. The molecule has 4 rings (SSSR count). The SMILES string of the molecule is CCCN1C(=O)C(=O)/C(=C(/O)c2ccc(OCc3ccccc3)c(C)c2)C1c1ccc(OCC(C)C)cc1. The van der Waals surface area contributed by atoms with Crippen LogP contribution in [-0.2, 0) is 16.2 Å². The van der Waals surface area contributed by atoms with Crippen LogP contribution in [-0.4, -0.2) is 34.8 Å². The van der Waals surface area contributed by atoms with Crippen LogP contribution >= 0.6 is 0 Å². The number of carbonyl (C=O) groups excluding carboxylic acids is 2. The molecule has 1 atom stereocenters. The first-order valence-corrected chi connectivity index (χ1v) is 13.1. The molecule has 3 aromatic carbocycles. The molecular formula is C32H35NO5. The Balaban J connectivity index is 1.65. The minimum atomic E-state index is -0.678. The maximum absolute atomic E-state index is 13.2. The van der Waals surface area contributed by atoms with Crippen LogP contribution in [0.4, 0.5) is 0 Å². The average molecular weight is 514 g/mol. The normalized spacial score (nSPS) is 16.8. The maximum Gasteiger partial charge on any atom is 0.295 e. The second-order valence-electron chi connectivity index (χ2n) is 10.0. The third-order valence-corrected chi connectivity index (χ3v) is 6.47. The Kier molecular flexibility index (Phi) is 8.52. The van der Waals surface area contributed by atoms with E-state index in [1.807, 2.05) is 68.4 Å². The van der Waals surface area contributed by atoms with Crippen LogP contribution in [0, 0.1) is 12.8 Å². The number of rotatable bonds is 10. The number of ether oxygens (including phenoxy) is 2. The molecule has 0 bridgehead atoms. The number of likely N-dealkylation sites (tertiary alicyclic amines) is 1. The molecule has 1 fully saturated rings. The van der Waals surface area contributed by atoms with Gasteiger partial charge in [0.1, 0.15) is 23.9 Å². The zero-order valence-electron chi connectivity index (χ0n) is 22.4. The van der Waals surface area contributed by atoms with E-state index in [9.17, 15) is 14.7 Å². The fourth-order valence-corrected chi connectivity index (χ4v) is 4.56. The number of ketones is 1. The van der Waals surface area contributed by atoms with Crippen molar-refractivity contribution in [3.8, 4) is 11.5 Å². The van der Waals surface area contributed by atoms with Gasteiger partial charge in [-0.3, -0.25) is 9.59 Å². The van der Waals surface area contributed by atoms with Crippen LogP contribution in [0.15, 0.2) is 78.4 Å². The number of Topliss-reactive ketones (excluding diaryl/α,β-unsaturated/α-hetero) is 1. The summed E-state index contributed by atoms with van der Waals surface area (Å²) in [5.74, 6) is 0.331. The van der Waals surface area contributed by atoms with Crippen molar-refractivity contribution in [2.45, 2.75) is 46.8 Å². The molecule has 1 amide bonds. The van der Waals surface area contributed by atoms with Gasteiger partial charge in [0, 0.05) is 12.1 Å². The summed E-state index contributed by atoms with van der Waals surface area (Å²) in [6.07, 6.45) is 0.686. The lowest BCUT2D eigenvalue weighted by atomic mass is 9.94. The molecule has 6 nitrogen and oxygen atoms in total. The molecule has 0 saturated carbocycles. The molecule has 1 heterocycles. The summed E-state index contributed by atoms with van der Waals surface area (Å²) >= 11 is 0. The van der Waals surface area contributed by atoms with Crippen molar-refractivity contribution < 1.29 is 24.2 Å². The Morgan fingerprint density at radius 3 is 2.32 bits per heavy atom. The van der Waals surface area contributed by atoms with Gasteiger partial charge in [0.05, 0.1) is 18.2 Å². The minimum absolute atomic E-state index is 0.0941. The summed E-state index contributed by atoms with van der Waals surface area (Å²) in [5.41, 5.74) is 3.17. The zero-order chi connectivity index (χ0) is 27.2. The van der Waals surface area contributed by atoms with Gasteiger partial charge in [-0.25, -0.2) is 0 Å². The summed E-state index contributed by atoms with van der Waals surface area (Å²) < 4.78 is 11.8. The van der Waals surface area contributed by atoms with E-state index in [4.69, 9.17) is 9.47 Å². The van der Waals surface area contributed by atoms with Crippen LogP contribution in [0.5, 0.6) is 11.5 Å². The van der Waals surface area contributed by atoms with Crippen molar-refractivity contribution in [1.82, 2.24) is 4.90 Å². The molecule has 0 aromatic heterocycles. The lowest BCUT2D eigenvalue weighted by Crippen LogP contribution is -2.30. The van der Waals surface area contributed by atoms with E-state index in [1.54, 1.807) is 23.1 Å². The number of hydrogen-bond acceptors (Lipinski definition) is 5. The first-order chi connectivity index (χ1) is 18.3. The summed E-state index contributed by atoms with van der Waals surface area (Å²) in [7, 11) is 0. The van der Waals surface area contributed by atoms with Gasteiger partial charge in [-0.05, 0) is 66.3 Å². The van der Waals surface area contributed by atoms with Crippen molar-refractivity contribution in [3.05, 3.63) is 101 Å². The maximum atomic E-state index is 13.2. The van der Waals surface area contributed by atoms with Crippen molar-refractivity contribution in [1.29, 1.82) is 0 Å².